The Morgan fingerprint density at radius 1 is 0.412 bits per heavy atom. The molecule has 1 heterocycles. The summed E-state index contributed by atoms with van der Waals surface area (Å²) in [7, 11) is -3.74. The Bertz CT molecular complexity index is 2870. The summed E-state index contributed by atoms with van der Waals surface area (Å²) < 4.78 is 17.1. The van der Waals surface area contributed by atoms with Crippen molar-refractivity contribution in [3.05, 3.63) is 29.8 Å². The van der Waals surface area contributed by atoms with E-state index in [0.717, 1.165) is 0 Å². The molecule has 97 heavy (non-hydrogen) atoms. The van der Waals surface area contributed by atoms with Gasteiger partial charge in [0.05, 0.1) is 26.2 Å². The fourth-order valence-electron chi connectivity index (χ4n) is 10.7. The summed E-state index contributed by atoms with van der Waals surface area (Å²) in [5.41, 5.74) is 0.0755. The first-order valence-electron chi connectivity index (χ1n) is 31.5. The summed E-state index contributed by atoms with van der Waals surface area (Å²) in [6.45, 7) is 9.06. The van der Waals surface area contributed by atoms with Gasteiger partial charge in [0.2, 0.25) is 29.5 Å². The lowest BCUT2D eigenvalue weighted by Gasteiger charge is -2.44. The fourth-order valence-corrected chi connectivity index (χ4v) is 15.3. The van der Waals surface area contributed by atoms with Crippen molar-refractivity contribution in [1.29, 1.82) is 0 Å². The van der Waals surface area contributed by atoms with Gasteiger partial charge in [0, 0.05) is 103 Å². The van der Waals surface area contributed by atoms with Gasteiger partial charge in [0.1, 0.15) is 30.2 Å². The van der Waals surface area contributed by atoms with Gasteiger partial charge >= 0.3 is 53.8 Å². The van der Waals surface area contributed by atoms with Crippen molar-refractivity contribution in [2.75, 3.05) is 98.2 Å². The van der Waals surface area contributed by atoms with Crippen LogP contribution in [0.1, 0.15) is 123 Å². The molecule has 1 aliphatic rings. The van der Waals surface area contributed by atoms with E-state index >= 15 is 4.11 Å². The third-order valence-corrected chi connectivity index (χ3v) is 20.9. The largest absolute Gasteiger partial charge is 0.481 e. The van der Waals surface area contributed by atoms with Crippen LogP contribution in [0, 0.1) is 0 Å². The predicted molar refractivity (Wildman–Crippen MR) is 343 cm³/mol. The molecule has 37 heteroatoms. The number of aliphatic carboxylic acids is 8. The van der Waals surface area contributed by atoms with Crippen molar-refractivity contribution in [2.45, 2.75) is 152 Å². The highest BCUT2D eigenvalue weighted by Crippen LogP contribution is 2.51. The number of carbonyl (C=O) groups is 15. The van der Waals surface area contributed by atoms with Crippen LogP contribution in [0.25, 0.3) is 0 Å². The molecular weight excluding hydrogens is 1300 g/mol. The minimum Gasteiger partial charge on any atom is -0.481 e. The second-order valence-corrected chi connectivity index (χ2v) is 30.3. The normalized spacial score (nSPS) is 15.5. The molecule has 544 valence electrons. The standard InChI is InChI=1S/C60H95FN12O23Si/c1-59(2,3)97(61,60(4,5)6)38-14-12-37(13-15-38)52(86)64-32-43(66-47(77)33-70-24-26-71(34-49(80)81)28-30-73(36-51(84)85)31-29-72(27-25-70)35-50(82)83)53(87)67-40(55(90)91)10-7-8-22-62-44(74)19-20-45(75)63-23-9-11-39(54(88)89)65-46(76)18-16-41(56(92)93)68-58(96)69-42(57(94)95)17-21-48(78)79/h12-15,39-43H,7-11,16-36H2,1-6H3,(H,62,74)(H,63,75)(H,64,86)(H,65,76)(H,66,77)(H,67,87)(H,78,79)(H,80,81)(H,82,83)(H,84,85)(H,88,89)(H,90,91)(H,92,93)(H,94,95)(H2,68,69,96)/t39-,40-,41+,42+,43-/m1/s1. The van der Waals surface area contributed by atoms with Gasteiger partial charge < -0.3 is 87.5 Å². The summed E-state index contributed by atoms with van der Waals surface area (Å²) in [6.07, 6.45) is -3.03. The third kappa shape index (κ3) is 32.1. The fraction of sp³-hybridized carbons (Fsp3) is 0.650. The van der Waals surface area contributed by atoms with Crippen LogP contribution < -0.4 is 47.7 Å². The Kier molecular flexibility index (Phi) is 35.8. The lowest BCUT2D eigenvalue weighted by atomic mass is 10.1. The molecule has 35 nitrogen and oxygen atoms in total. The first kappa shape index (κ1) is 84.1. The first-order valence-corrected chi connectivity index (χ1v) is 33.4. The number of nitrogens with one attached hydrogen (secondary N) is 8. The SMILES string of the molecule is CC(C)(C)[Si](F)(c1ccc(C(=O)NC[C@@H](NC(=O)CN2CCN(CC(=O)O)CCN(CC(=O)O)CCN(CC(=O)O)CC2)C(=O)N[C@H](CCCCNC(=O)CCC(=O)NCCC[C@@H](NC(=O)CC[C@H](NC(=O)N[C@@H](CCC(=O)O)C(=O)O)C(=O)O)C(=O)O)C(=O)O)cc1)C(C)(C)C. The summed E-state index contributed by atoms with van der Waals surface area (Å²) in [4.78, 5) is 192. The quantitative estimate of drug-likeness (QED) is 0.0193. The molecule has 0 aromatic heterocycles. The first-order chi connectivity index (χ1) is 45.2. The van der Waals surface area contributed by atoms with Crippen LogP contribution in [0.3, 0.4) is 0 Å². The van der Waals surface area contributed by atoms with Crippen LogP contribution in [0.4, 0.5) is 8.90 Å². The molecule has 0 unspecified atom stereocenters. The zero-order valence-electron chi connectivity index (χ0n) is 55.4. The van der Waals surface area contributed by atoms with E-state index in [1.807, 2.05) is 52.2 Å². The molecule has 0 aliphatic carbocycles. The number of nitrogens with zero attached hydrogens (tertiary/aromatic N) is 4. The molecule has 1 fully saturated rings. The van der Waals surface area contributed by atoms with Gasteiger partial charge in [-0.3, -0.25) is 67.5 Å². The highest BCUT2D eigenvalue weighted by molar-refractivity contribution is 6.90. The molecule has 1 aromatic carbocycles. The molecule has 0 spiro atoms. The van der Waals surface area contributed by atoms with E-state index in [1.54, 1.807) is 9.80 Å². The molecule has 0 saturated carbocycles. The van der Waals surface area contributed by atoms with Crippen LogP contribution in [-0.4, -0.2) is 286 Å². The zero-order chi connectivity index (χ0) is 73.4. The maximum Gasteiger partial charge on any atom is 0.326 e. The summed E-state index contributed by atoms with van der Waals surface area (Å²) in [5.74, 6) is -15.7. The van der Waals surface area contributed by atoms with Crippen molar-refractivity contribution < 1.29 is 117 Å². The van der Waals surface area contributed by atoms with Gasteiger partial charge in [-0.15, -0.1) is 0 Å². The van der Waals surface area contributed by atoms with Gasteiger partial charge in [0.15, 0.2) is 0 Å². The number of amides is 8. The molecule has 1 aliphatic heterocycles. The molecule has 0 radical (unpaired) electrons. The number of hydrogen-bond acceptors (Lipinski definition) is 19. The van der Waals surface area contributed by atoms with Gasteiger partial charge in [-0.2, -0.15) is 0 Å². The molecule has 0 bridgehead atoms. The molecule has 8 amide bonds. The van der Waals surface area contributed by atoms with Crippen LogP contribution in [-0.2, 0) is 62.3 Å². The van der Waals surface area contributed by atoms with E-state index < -0.39 is 190 Å². The minimum absolute atomic E-state index is 0.00362. The Labute approximate surface area is 560 Å². The molecule has 16 N–H and O–H groups in total. The smallest absolute Gasteiger partial charge is 0.326 e. The number of unbranched alkanes of at least 4 members (excludes halogenated alkanes) is 1. The van der Waals surface area contributed by atoms with Crippen LogP contribution in [0.5, 0.6) is 0 Å². The van der Waals surface area contributed by atoms with E-state index in [4.69, 9.17) is 5.11 Å². The second kappa shape index (κ2) is 41.2. The minimum atomic E-state index is -3.74. The van der Waals surface area contributed by atoms with Gasteiger partial charge in [-0.05, 0) is 72.3 Å². The number of carboxylic acid groups (broad SMARTS) is 8. The summed E-state index contributed by atoms with van der Waals surface area (Å²) >= 11 is 0. The Morgan fingerprint density at radius 3 is 1.19 bits per heavy atom. The van der Waals surface area contributed by atoms with Crippen LogP contribution in [0.15, 0.2) is 24.3 Å². The zero-order valence-corrected chi connectivity index (χ0v) is 56.4. The number of carboxylic acids is 8. The molecule has 1 saturated heterocycles. The van der Waals surface area contributed by atoms with Crippen molar-refractivity contribution in [2.24, 2.45) is 0 Å². The predicted octanol–water partition coefficient (Wildman–Crippen LogP) is -1.95. The van der Waals surface area contributed by atoms with Gasteiger partial charge in [0.25, 0.3) is 14.3 Å². The highest BCUT2D eigenvalue weighted by atomic mass is 28.4. The van der Waals surface area contributed by atoms with E-state index in [0.29, 0.717) is 5.19 Å². The van der Waals surface area contributed by atoms with E-state index in [-0.39, 0.29) is 123 Å². The number of rotatable bonds is 40. The van der Waals surface area contributed by atoms with Crippen molar-refractivity contribution >= 4 is 103 Å². The number of benzene rings is 1. The average Bonchev–Trinajstić information content (AvgIpc) is 0.749. The number of carbonyl (C=O) groups excluding carboxylic acids is 7. The maximum absolute atomic E-state index is 17.1. The lowest BCUT2D eigenvalue weighted by molar-refractivity contribution is -0.143. The Morgan fingerprint density at radius 2 is 0.784 bits per heavy atom. The van der Waals surface area contributed by atoms with E-state index in [1.165, 1.54) is 34.1 Å². The van der Waals surface area contributed by atoms with Crippen molar-refractivity contribution in [3.63, 3.8) is 0 Å². The number of halogens is 1. The monoisotopic (exact) mass is 1400 g/mol. The Balaban J connectivity index is 2.11. The van der Waals surface area contributed by atoms with Gasteiger partial charge in [-0.25, -0.2) is 24.0 Å². The topological polar surface area (TPSA) is 527 Å². The maximum atomic E-state index is 17.1. The third-order valence-electron chi connectivity index (χ3n) is 15.7. The highest BCUT2D eigenvalue weighted by Gasteiger charge is 2.56. The number of hydrogen-bond donors (Lipinski definition) is 16. The van der Waals surface area contributed by atoms with E-state index in [9.17, 15) is 108 Å². The van der Waals surface area contributed by atoms with Crippen LogP contribution >= 0.6 is 0 Å². The molecule has 1 aromatic rings. The summed E-state index contributed by atoms with van der Waals surface area (Å²) in [5, 5.41) is 94.0. The van der Waals surface area contributed by atoms with E-state index in [2.05, 4.69) is 31.9 Å². The van der Waals surface area contributed by atoms with Crippen molar-refractivity contribution in [3.8, 4) is 0 Å². The average molecular weight is 1400 g/mol. The molecule has 5 atom stereocenters. The van der Waals surface area contributed by atoms with Crippen molar-refractivity contribution in [1.82, 2.24) is 62.1 Å². The molecular formula is C60H95FN12O23Si. The summed E-state index contributed by atoms with van der Waals surface area (Å²) in [6, 6.07) is -3.44. The van der Waals surface area contributed by atoms with Gasteiger partial charge in [-0.1, -0.05) is 53.7 Å². The molecule has 2 rings (SSSR count). The lowest BCUT2D eigenvalue weighted by Crippen LogP contribution is -2.58. The number of urea groups is 1. The van der Waals surface area contributed by atoms with Crippen LogP contribution in [0.2, 0.25) is 10.1 Å². The Hall–Kier alpha value is -8.94. The second-order valence-electron chi connectivity index (χ2n) is 25.4.